The maximum atomic E-state index is 12.9. The molecule has 0 fully saturated rings. The van der Waals surface area contributed by atoms with Crippen LogP contribution < -0.4 is 4.74 Å². The fourth-order valence-corrected chi connectivity index (χ4v) is 5.20. The molecule has 0 saturated carbocycles. The summed E-state index contributed by atoms with van der Waals surface area (Å²) in [5.41, 5.74) is 1.94. The van der Waals surface area contributed by atoms with Gasteiger partial charge >= 0.3 is 0 Å². The second-order valence-electron chi connectivity index (χ2n) is 5.53. The van der Waals surface area contributed by atoms with Crippen molar-refractivity contribution in [2.24, 2.45) is 0 Å². The second kappa shape index (κ2) is 7.39. The molecule has 0 aliphatic carbocycles. The zero-order chi connectivity index (χ0) is 18.0. The number of thiazole rings is 1. The first-order chi connectivity index (χ1) is 11.8. The molecule has 4 nitrogen and oxygen atoms in total. The Bertz CT molecular complexity index is 1000. The van der Waals surface area contributed by atoms with Crippen LogP contribution in [0.2, 0.25) is 0 Å². The molecule has 0 N–H and O–H groups in total. The van der Waals surface area contributed by atoms with Gasteiger partial charge in [0.1, 0.15) is 11.6 Å². The minimum Gasteiger partial charge on any atom is -0.493 e. The first-order valence-electron chi connectivity index (χ1n) is 7.53. The van der Waals surface area contributed by atoms with Crippen LogP contribution in [0.15, 0.2) is 45.2 Å². The number of benzene rings is 2. The third-order valence-electron chi connectivity index (χ3n) is 3.63. The smallest absolute Gasteiger partial charge is 0.178 e. The number of hydrogen-bond acceptors (Lipinski definition) is 5. The van der Waals surface area contributed by atoms with Crippen LogP contribution in [0, 0.1) is 12.7 Å². The number of aryl methyl sites for hydroxylation is 1. The molecule has 2 aromatic carbocycles. The third kappa shape index (κ3) is 4.37. The Kier molecular flexibility index (Phi) is 5.41. The van der Waals surface area contributed by atoms with Crippen molar-refractivity contribution in [3.8, 4) is 5.75 Å². The quantitative estimate of drug-likeness (QED) is 0.407. The molecule has 0 atom stereocenters. The number of rotatable bonds is 6. The van der Waals surface area contributed by atoms with Crippen molar-refractivity contribution >= 4 is 47.3 Å². The van der Waals surface area contributed by atoms with Gasteiger partial charge in [-0.1, -0.05) is 0 Å². The number of hydrogen-bond donors (Lipinski definition) is 0. The van der Waals surface area contributed by atoms with E-state index in [1.165, 1.54) is 23.5 Å². The summed E-state index contributed by atoms with van der Waals surface area (Å²) >= 11 is 4.89. The van der Waals surface area contributed by atoms with Gasteiger partial charge in [-0.15, -0.1) is 11.3 Å². The molecular formula is C17H15BrFNO3S2. The Balaban J connectivity index is 1.60. The molecule has 0 amide bonds. The van der Waals surface area contributed by atoms with Crippen LogP contribution in [-0.2, 0) is 9.84 Å². The summed E-state index contributed by atoms with van der Waals surface area (Å²) in [6.45, 7) is 2.24. The summed E-state index contributed by atoms with van der Waals surface area (Å²) in [6, 6.07) is 8.65. The van der Waals surface area contributed by atoms with Gasteiger partial charge in [0, 0.05) is 0 Å². The number of ether oxygens (including phenoxy) is 1. The van der Waals surface area contributed by atoms with Gasteiger partial charge in [0.2, 0.25) is 0 Å². The average Bonchev–Trinajstić information content (AvgIpc) is 2.93. The molecule has 132 valence electrons. The van der Waals surface area contributed by atoms with Crippen molar-refractivity contribution in [3.63, 3.8) is 0 Å². The van der Waals surface area contributed by atoms with E-state index in [9.17, 15) is 12.8 Å². The van der Waals surface area contributed by atoms with Gasteiger partial charge in [0.15, 0.2) is 13.8 Å². The predicted octanol–water partition coefficient (Wildman–Crippen LogP) is 4.75. The first-order valence-corrected chi connectivity index (χ1v) is 10.8. The van der Waals surface area contributed by atoms with E-state index < -0.39 is 15.7 Å². The molecule has 0 unspecified atom stereocenters. The van der Waals surface area contributed by atoms with Crippen LogP contribution >= 0.6 is 27.3 Å². The predicted molar refractivity (Wildman–Crippen MR) is 101 cm³/mol. The second-order valence-corrected chi connectivity index (χ2v) is 9.94. The monoisotopic (exact) mass is 443 g/mol. The number of halogens is 2. The van der Waals surface area contributed by atoms with E-state index in [-0.39, 0.29) is 17.3 Å². The molecule has 1 aromatic heterocycles. The number of nitrogens with zero attached hydrogens (tertiary/aromatic N) is 1. The minimum absolute atomic E-state index is 0.0496. The van der Waals surface area contributed by atoms with E-state index in [0.29, 0.717) is 12.2 Å². The van der Waals surface area contributed by atoms with Gasteiger partial charge in [-0.3, -0.25) is 0 Å². The number of aromatic nitrogens is 1. The van der Waals surface area contributed by atoms with E-state index in [4.69, 9.17) is 4.74 Å². The lowest BCUT2D eigenvalue weighted by Crippen LogP contribution is -2.10. The highest BCUT2D eigenvalue weighted by molar-refractivity contribution is 9.11. The lowest BCUT2D eigenvalue weighted by Gasteiger charge is -2.08. The van der Waals surface area contributed by atoms with E-state index in [0.717, 1.165) is 31.8 Å². The van der Waals surface area contributed by atoms with E-state index in [1.807, 2.05) is 19.1 Å². The lowest BCUT2D eigenvalue weighted by molar-refractivity contribution is 0.318. The number of sulfone groups is 1. The molecular weight excluding hydrogens is 429 g/mol. The standard InChI is InChI=1S/C17H15BrFNO3S2/c1-11-9-13(10-15-16(11)20-17(18)24-15)23-7-2-8-25(21,22)14-5-3-12(19)4-6-14/h3-6,9-10H,2,7-8H2,1H3. The van der Waals surface area contributed by atoms with Crippen LogP contribution in [0.3, 0.4) is 0 Å². The highest BCUT2D eigenvalue weighted by atomic mass is 79.9. The molecule has 0 spiro atoms. The van der Waals surface area contributed by atoms with Crippen molar-refractivity contribution in [1.82, 2.24) is 4.98 Å². The summed E-state index contributed by atoms with van der Waals surface area (Å²) in [6.07, 6.45) is 0.350. The summed E-state index contributed by atoms with van der Waals surface area (Å²) in [5.74, 6) is 0.189. The first kappa shape index (κ1) is 18.3. The molecule has 25 heavy (non-hydrogen) atoms. The van der Waals surface area contributed by atoms with Crippen LogP contribution in [0.25, 0.3) is 10.2 Å². The van der Waals surface area contributed by atoms with Gasteiger partial charge in [-0.05, 0) is 71.2 Å². The Morgan fingerprint density at radius 3 is 2.68 bits per heavy atom. The lowest BCUT2D eigenvalue weighted by atomic mass is 10.2. The third-order valence-corrected chi connectivity index (χ3v) is 6.90. The van der Waals surface area contributed by atoms with E-state index in [2.05, 4.69) is 20.9 Å². The van der Waals surface area contributed by atoms with Crippen molar-refractivity contribution in [2.75, 3.05) is 12.4 Å². The fraction of sp³-hybridized carbons (Fsp3) is 0.235. The van der Waals surface area contributed by atoms with Gasteiger partial charge < -0.3 is 4.74 Å². The molecule has 0 bridgehead atoms. The van der Waals surface area contributed by atoms with Crippen molar-refractivity contribution in [3.05, 3.63) is 51.7 Å². The molecule has 0 aliphatic rings. The maximum absolute atomic E-state index is 12.9. The Labute approximate surface area is 157 Å². The zero-order valence-electron chi connectivity index (χ0n) is 13.3. The zero-order valence-corrected chi connectivity index (χ0v) is 16.5. The SMILES string of the molecule is Cc1cc(OCCCS(=O)(=O)c2ccc(F)cc2)cc2sc(Br)nc12. The topological polar surface area (TPSA) is 56.3 Å². The fourth-order valence-electron chi connectivity index (χ4n) is 2.42. The average molecular weight is 444 g/mol. The molecule has 0 radical (unpaired) electrons. The molecule has 1 heterocycles. The van der Waals surface area contributed by atoms with Gasteiger partial charge in [-0.2, -0.15) is 0 Å². The van der Waals surface area contributed by atoms with Crippen LogP contribution in [0.1, 0.15) is 12.0 Å². The van der Waals surface area contributed by atoms with Gasteiger partial charge in [-0.25, -0.2) is 17.8 Å². The normalized spacial score (nSPS) is 11.8. The molecule has 0 saturated heterocycles. The van der Waals surface area contributed by atoms with Crippen LogP contribution in [0.4, 0.5) is 4.39 Å². The van der Waals surface area contributed by atoms with Crippen molar-refractivity contribution in [1.29, 1.82) is 0 Å². The van der Waals surface area contributed by atoms with Gasteiger partial charge in [0.25, 0.3) is 0 Å². The summed E-state index contributed by atoms with van der Waals surface area (Å²) in [5, 5.41) is 0. The molecule has 0 aliphatic heterocycles. The van der Waals surface area contributed by atoms with Crippen molar-refractivity contribution < 1.29 is 17.5 Å². The Hall–Kier alpha value is -1.51. The van der Waals surface area contributed by atoms with Crippen molar-refractivity contribution in [2.45, 2.75) is 18.2 Å². The Morgan fingerprint density at radius 2 is 1.96 bits per heavy atom. The molecule has 3 aromatic rings. The van der Waals surface area contributed by atoms with E-state index >= 15 is 0 Å². The summed E-state index contributed by atoms with van der Waals surface area (Å²) in [4.78, 5) is 4.52. The summed E-state index contributed by atoms with van der Waals surface area (Å²) < 4.78 is 44.8. The van der Waals surface area contributed by atoms with Gasteiger partial charge in [0.05, 0.1) is 27.5 Å². The number of fused-ring (bicyclic) bond motifs is 1. The largest absolute Gasteiger partial charge is 0.493 e. The highest BCUT2D eigenvalue weighted by Crippen LogP contribution is 2.31. The van der Waals surface area contributed by atoms with Crippen LogP contribution in [0.5, 0.6) is 5.75 Å². The molecule has 8 heteroatoms. The molecule has 3 rings (SSSR count). The Morgan fingerprint density at radius 1 is 1.24 bits per heavy atom. The van der Waals surface area contributed by atoms with E-state index in [1.54, 1.807) is 0 Å². The van der Waals surface area contributed by atoms with Crippen LogP contribution in [-0.4, -0.2) is 25.8 Å². The highest BCUT2D eigenvalue weighted by Gasteiger charge is 2.14. The minimum atomic E-state index is -3.43. The summed E-state index contributed by atoms with van der Waals surface area (Å²) in [7, 11) is -3.43. The maximum Gasteiger partial charge on any atom is 0.178 e.